The van der Waals surface area contributed by atoms with Gasteiger partial charge in [-0.25, -0.2) is 9.78 Å². The maximum absolute atomic E-state index is 12.5. The molecule has 1 N–H and O–H groups in total. The van der Waals surface area contributed by atoms with Gasteiger partial charge >= 0.3 is 6.03 Å². The first-order valence-corrected chi connectivity index (χ1v) is 9.27. The topological polar surface area (TPSA) is 80.1 Å². The number of nitrogens with one attached hydrogen (secondary N) is 1. The van der Waals surface area contributed by atoms with E-state index in [4.69, 9.17) is 13.9 Å². The number of amides is 2. The highest BCUT2D eigenvalue weighted by Gasteiger charge is 2.23. The molecule has 0 atom stereocenters. The number of ether oxygens (including phenoxy) is 2. The second kappa shape index (κ2) is 7.05. The molecule has 144 valence electrons. The van der Waals surface area contributed by atoms with Crippen molar-refractivity contribution in [3.63, 3.8) is 0 Å². The fourth-order valence-electron chi connectivity index (χ4n) is 3.46. The zero-order chi connectivity index (χ0) is 18.9. The standard InChI is InChI=1S/C20H20N4O4/c25-20(21-14-5-6-17-18(11-14)27-13-26-17)24-9-7-23(8-10-24)12-19-22-15-3-1-2-4-16(15)28-19/h1-6,11H,7-10,12-13H2,(H,21,25). The van der Waals surface area contributed by atoms with Gasteiger partial charge in [-0.05, 0) is 24.3 Å². The van der Waals surface area contributed by atoms with Crippen LogP contribution in [0.15, 0.2) is 46.9 Å². The van der Waals surface area contributed by atoms with Crippen molar-refractivity contribution in [2.45, 2.75) is 6.54 Å². The molecule has 0 unspecified atom stereocenters. The number of piperazine rings is 1. The Kier molecular flexibility index (Phi) is 4.25. The highest BCUT2D eigenvalue weighted by atomic mass is 16.7. The van der Waals surface area contributed by atoms with Gasteiger partial charge in [0.25, 0.3) is 0 Å². The van der Waals surface area contributed by atoms with Crippen molar-refractivity contribution < 1.29 is 18.7 Å². The molecule has 5 rings (SSSR count). The summed E-state index contributed by atoms with van der Waals surface area (Å²) in [5.74, 6) is 2.06. The summed E-state index contributed by atoms with van der Waals surface area (Å²) in [4.78, 5) is 21.1. The Morgan fingerprint density at radius 2 is 1.86 bits per heavy atom. The molecular formula is C20H20N4O4. The highest BCUT2D eigenvalue weighted by molar-refractivity contribution is 5.89. The Labute approximate surface area is 161 Å². The molecule has 2 aliphatic rings. The second-order valence-electron chi connectivity index (χ2n) is 6.84. The number of aromatic nitrogens is 1. The van der Waals surface area contributed by atoms with Crippen LogP contribution in [0.2, 0.25) is 0 Å². The molecule has 2 aliphatic heterocycles. The van der Waals surface area contributed by atoms with Crippen molar-refractivity contribution >= 4 is 22.8 Å². The van der Waals surface area contributed by atoms with Gasteiger partial charge in [0.15, 0.2) is 17.1 Å². The summed E-state index contributed by atoms with van der Waals surface area (Å²) >= 11 is 0. The number of benzene rings is 2. The van der Waals surface area contributed by atoms with Crippen LogP contribution in [0.25, 0.3) is 11.1 Å². The minimum Gasteiger partial charge on any atom is -0.454 e. The van der Waals surface area contributed by atoms with Gasteiger partial charge in [0.2, 0.25) is 12.7 Å². The lowest BCUT2D eigenvalue weighted by atomic mass is 10.2. The van der Waals surface area contributed by atoms with E-state index in [1.165, 1.54) is 0 Å². The van der Waals surface area contributed by atoms with Crippen LogP contribution in [0.4, 0.5) is 10.5 Å². The zero-order valence-electron chi connectivity index (χ0n) is 15.3. The van der Waals surface area contributed by atoms with E-state index in [0.29, 0.717) is 42.7 Å². The van der Waals surface area contributed by atoms with Gasteiger partial charge in [-0.2, -0.15) is 0 Å². The maximum atomic E-state index is 12.5. The van der Waals surface area contributed by atoms with Gasteiger partial charge in [-0.15, -0.1) is 0 Å². The Hall–Kier alpha value is -3.26. The molecule has 8 heteroatoms. The monoisotopic (exact) mass is 380 g/mol. The van der Waals surface area contributed by atoms with Crippen LogP contribution in [0.3, 0.4) is 0 Å². The number of nitrogens with zero attached hydrogens (tertiary/aromatic N) is 3. The molecule has 1 aromatic heterocycles. The average molecular weight is 380 g/mol. The van der Waals surface area contributed by atoms with E-state index in [2.05, 4.69) is 15.2 Å². The summed E-state index contributed by atoms with van der Waals surface area (Å²) in [7, 11) is 0. The molecule has 3 heterocycles. The third-order valence-electron chi connectivity index (χ3n) is 4.98. The van der Waals surface area contributed by atoms with Gasteiger partial charge in [-0.3, -0.25) is 4.90 Å². The van der Waals surface area contributed by atoms with Crippen LogP contribution >= 0.6 is 0 Å². The first-order chi connectivity index (χ1) is 13.7. The number of para-hydroxylation sites is 2. The van der Waals surface area contributed by atoms with Gasteiger partial charge in [0.05, 0.1) is 6.54 Å². The van der Waals surface area contributed by atoms with Crippen molar-refractivity contribution in [2.75, 3.05) is 38.3 Å². The largest absolute Gasteiger partial charge is 0.454 e. The smallest absolute Gasteiger partial charge is 0.321 e. The molecule has 8 nitrogen and oxygen atoms in total. The summed E-state index contributed by atoms with van der Waals surface area (Å²) in [6.07, 6.45) is 0. The quantitative estimate of drug-likeness (QED) is 0.753. The first-order valence-electron chi connectivity index (χ1n) is 9.27. The van der Waals surface area contributed by atoms with E-state index in [-0.39, 0.29) is 12.8 Å². The number of carbonyl (C=O) groups excluding carboxylic acids is 1. The van der Waals surface area contributed by atoms with Crippen LogP contribution in [-0.4, -0.2) is 53.8 Å². The van der Waals surface area contributed by atoms with Crippen molar-refractivity contribution in [1.29, 1.82) is 0 Å². The van der Waals surface area contributed by atoms with E-state index in [0.717, 1.165) is 24.2 Å². The van der Waals surface area contributed by atoms with Crippen LogP contribution in [0, 0.1) is 0 Å². The van der Waals surface area contributed by atoms with Crippen LogP contribution < -0.4 is 14.8 Å². The Morgan fingerprint density at radius 1 is 1.04 bits per heavy atom. The third-order valence-corrected chi connectivity index (χ3v) is 4.98. The fraction of sp³-hybridized carbons (Fsp3) is 0.300. The summed E-state index contributed by atoms with van der Waals surface area (Å²) < 4.78 is 16.4. The van der Waals surface area contributed by atoms with E-state index >= 15 is 0 Å². The fourth-order valence-corrected chi connectivity index (χ4v) is 3.46. The number of urea groups is 1. The SMILES string of the molecule is O=C(Nc1ccc2c(c1)OCO2)N1CCN(Cc2nc3ccccc3o2)CC1. The van der Waals surface area contributed by atoms with Gasteiger partial charge in [-0.1, -0.05) is 12.1 Å². The van der Waals surface area contributed by atoms with Crippen LogP contribution in [0.5, 0.6) is 11.5 Å². The first kappa shape index (κ1) is 16.9. The predicted molar refractivity (Wildman–Crippen MR) is 102 cm³/mol. The highest BCUT2D eigenvalue weighted by Crippen LogP contribution is 2.34. The van der Waals surface area contributed by atoms with Crippen molar-refractivity contribution in [2.24, 2.45) is 0 Å². The minimum absolute atomic E-state index is 0.111. The average Bonchev–Trinajstić information content (AvgIpc) is 3.34. The second-order valence-corrected chi connectivity index (χ2v) is 6.84. The number of carbonyl (C=O) groups is 1. The number of anilines is 1. The predicted octanol–water partition coefficient (Wildman–Crippen LogP) is 2.91. The lowest BCUT2D eigenvalue weighted by molar-refractivity contribution is 0.136. The number of oxazole rings is 1. The van der Waals surface area contributed by atoms with E-state index in [1.807, 2.05) is 35.2 Å². The van der Waals surface area contributed by atoms with E-state index in [1.54, 1.807) is 12.1 Å². The molecular weight excluding hydrogens is 360 g/mol. The van der Waals surface area contributed by atoms with Gasteiger partial charge in [0, 0.05) is 37.9 Å². The van der Waals surface area contributed by atoms with Crippen LogP contribution in [-0.2, 0) is 6.54 Å². The molecule has 0 spiro atoms. The van der Waals surface area contributed by atoms with Crippen LogP contribution in [0.1, 0.15) is 5.89 Å². The van der Waals surface area contributed by atoms with Gasteiger partial charge < -0.3 is 24.1 Å². The van der Waals surface area contributed by atoms with Gasteiger partial charge in [0.1, 0.15) is 5.52 Å². The number of fused-ring (bicyclic) bond motifs is 2. The lowest BCUT2D eigenvalue weighted by Gasteiger charge is -2.34. The molecule has 0 aliphatic carbocycles. The molecule has 1 saturated heterocycles. The summed E-state index contributed by atoms with van der Waals surface area (Å²) in [6.45, 7) is 3.70. The molecule has 2 amide bonds. The Bertz CT molecular complexity index is 977. The lowest BCUT2D eigenvalue weighted by Crippen LogP contribution is -2.49. The Morgan fingerprint density at radius 3 is 2.71 bits per heavy atom. The van der Waals surface area contributed by atoms with Crippen molar-refractivity contribution in [3.8, 4) is 11.5 Å². The van der Waals surface area contributed by atoms with Crippen molar-refractivity contribution in [3.05, 3.63) is 48.4 Å². The normalized spacial score (nSPS) is 16.5. The van der Waals surface area contributed by atoms with E-state index in [9.17, 15) is 4.79 Å². The van der Waals surface area contributed by atoms with E-state index < -0.39 is 0 Å². The molecule has 1 fully saturated rings. The number of hydrogen-bond donors (Lipinski definition) is 1. The molecule has 2 aromatic carbocycles. The number of hydrogen-bond acceptors (Lipinski definition) is 6. The molecule has 0 radical (unpaired) electrons. The molecule has 0 bridgehead atoms. The third kappa shape index (κ3) is 3.34. The maximum Gasteiger partial charge on any atom is 0.321 e. The minimum atomic E-state index is -0.111. The Balaban J connectivity index is 1.16. The number of rotatable bonds is 3. The molecule has 3 aromatic rings. The molecule has 0 saturated carbocycles. The van der Waals surface area contributed by atoms with Crippen molar-refractivity contribution in [1.82, 2.24) is 14.8 Å². The molecule has 28 heavy (non-hydrogen) atoms. The summed E-state index contributed by atoms with van der Waals surface area (Å²) in [6, 6.07) is 13.0. The summed E-state index contributed by atoms with van der Waals surface area (Å²) in [5, 5.41) is 2.93. The summed E-state index contributed by atoms with van der Waals surface area (Å²) in [5.41, 5.74) is 2.38. The zero-order valence-corrected chi connectivity index (χ0v) is 15.3.